The van der Waals surface area contributed by atoms with Crippen molar-refractivity contribution in [3.05, 3.63) is 77.4 Å². The van der Waals surface area contributed by atoms with Crippen molar-refractivity contribution in [3.63, 3.8) is 0 Å². The van der Waals surface area contributed by atoms with E-state index in [-0.39, 0.29) is 23.5 Å². The number of fused-ring (bicyclic) bond motifs is 1. The lowest BCUT2D eigenvalue weighted by molar-refractivity contribution is -0.120. The number of benzene rings is 3. The first kappa shape index (κ1) is 25.1. The van der Waals surface area contributed by atoms with Gasteiger partial charge in [-0.2, -0.15) is 0 Å². The number of hydrogen-bond donors (Lipinski definition) is 1. The zero-order chi connectivity index (χ0) is 26.3. The van der Waals surface area contributed by atoms with E-state index in [1.165, 1.54) is 6.42 Å². The van der Waals surface area contributed by atoms with Gasteiger partial charge in [-0.15, -0.1) is 0 Å². The zero-order valence-electron chi connectivity index (χ0n) is 21.7. The van der Waals surface area contributed by atoms with Crippen LogP contribution in [0.1, 0.15) is 61.6 Å². The van der Waals surface area contributed by atoms with E-state index in [0.717, 1.165) is 72.1 Å². The molecule has 0 radical (unpaired) electrons. The van der Waals surface area contributed by atoms with Gasteiger partial charge in [0, 0.05) is 12.5 Å². The molecule has 0 bridgehead atoms. The van der Waals surface area contributed by atoms with Crippen LogP contribution in [0.3, 0.4) is 0 Å². The van der Waals surface area contributed by atoms with Crippen LogP contribution in [0.25, 0.3) is 11.1 Å². The Bertz CT molecular complexity index is 1470. The Morgan fingerprint density at radius 2 is 1.66 bits per heavy atom. The fourth-order valence-electron chi connectivity index (χ4n) is 5.81. The van der Waals surface area contributed by atoms with Crippen molar-refractivity contribution in [2.75, 3.05) is 6.79 Å². The van der Waals surface area contributed by atoms with E-state index in [2.05, 4.69) is 10.8 Å². The molecule has 0 saturated heterocycles. The van der Waals surface area contributed by atoms with Gasteiger partial charge in [0.2, 0.25) is 16.8 Å². The second kappa shape index (κ2) is 9.86. The standard InChI is InChI=1S/C31H33NO5S/c1-21-7-8-22(18-30(33)31(15-16-31)24-11-14-28-29(19-24)37-20-36-28)17-27(21)23-9-12-26(13-10-23)38(34,35)32-25-5-3-2-4-6-25/h7-14,17,19,25,32H,2-6,15-16,18,20H2,1H3. The van der Waals surface area contributed by atoms with Gasteiger partial charge in [-0.3, -0.25) is 4.79 Å². The molecule has 2 saturated carbocycles. The first-order valence-corrected chi connectivity index (χ1v) is 15.0. The van der Waals surface area contributed by atoms with Crippen LogP contribution in [0.5, 0.6) is 11.5 Å². The van der Waals surface area contributed by atoms with Gasteiger partial charge in [0.15, 0.2) is 11.5 Å². The minimum atomic E-state index is -3.54. The molecule has 38 heavy (non-hydrogen) atoms. The number of nitrogens with one attached hydrogen (secondary N) is 1. The topological polar surface area (TPSA) is 81.7 Å². The lowest BCUT2D eigenvalue weighted by Crippen LogP contribution is -2.36. The van der Waals surface area contributed by atoms with Crippen LogP contribution in [-0.2, 0) is 26.7 Å². The van der Waals surface area contributed by atoms with Gasteiger partial charge in [-0.25, -0.2) is 13.1 Å². The number of carbonyl (C=O) groups is 1. The average molecular weight is 532 g/mol. The summed E-state index contributed by atoms with van der Waals surface area (Å²) < 4.78 is 39.6. The molecule has 7 heteroatoms. The van der Waals surface area contributed by atoms with E-state index in [1.54, 1.807) is 12.1 Å². The molecule has 3 aliphatic rings. The molecule has 6 nitrogen and oxygen atoms in total. The van der Waals surface area contributed by atoms with Crippen LogP contribution in [0.15, 0.2) is 65.6 Å². The van der Waals surface area contributed by atoms with Crippen molar-refractivity contribution >= 4 is 15.8 Å². The smallest absolute Gasteiger partial charge is 0.240 e. The Labute approximate surface area is 224 Å². The molecule has 0 amide bonds. The van der Waals surface area contributed by atoms with Crippen molar-refractivity contribution in [2.24, 2.45) is 0 Å². The van der Waals surface area contributed by atoms with E-state index in [1.807, 2.05) is 49.4 Å². The average Bonchev–Trinajstić information content (AvgIpc) is 3.61. The Morgan fingerprint density at radius 1 is 0.921 bits per heavy atom. The maximum absolute atomic E-state index is 13.5. The lowest BCUT2D eigenvalue weighted by atomic mass is 9.87. The summed E-state index contributed by atoms with van der Waals surface area (Å²) in [6, 6.07) is 19.0. The summed E-state index contributed by atoms with van der Waals surface area (Å²) in [6.45, 7) is 2.25. The molecule has 3 aromatic carbocycles. The molecule has 0 aromatic heterocycles. The quantitative estimate of drug-likeness (QED) is 0.395. The Morgan fingerprint density at radius 3 is 2.39 bits per heavy atom. The Hall–Kier alpha value is -3.16. The molecule has 6 rings (SSSR count). The molecular weight excluding hydrogens is 498 g/mol. The molecule has 0 spiro atoms. The molecule has 1 aliphatic heterocycles. The largest absolute Gasteiger partial charge is 0.454 e. The number of sulfonamides is 1. The summed E-state index contributed by atoms with van der Waals surface area (Å²) in [7, 11) is -3.54. The monoisotopic (exact) mass is 531 g/mol. The van der Waals surface area contributed by atoms with Crippen LogP contribution >= 0.6 is 0 Å². The van der Waals surface area contributed by atoms with Gasteiger partial charge < -0.3 is 9.47 Å². The van der Waals surface area contributed by atoms with E-state index in [0.29, 0.717) is 12.2 Å². The summed E-state index contributed by atoms with van der Waals surface area (Å²) in [6.07, 6.45) is 7.15. The zero-order valence-corrected chi connectivity index (χ0v) is 22.5. The Kier molecular flexibility index (Phi) is 6.52. The molecule has 198 valence electrons. The molecule has 3 aromatic rings. The van der Waals surface area contributed by atoms with Crippen molar-refractivity contribution in [1.29, 1.82) is 0 Å². The third kappa shape index (κ3) is 4.85. The minimum absolute atomic E-state index is 0.0253. The van der Waals surface area contributed by atoms with Crippen molar-refractivity contribution in [1.82, 2.24) is 4.72 Å². The molecule has 0 atom stereocenters. The predicted octanol–water partition coefficient (Wildman–Crippen LogP) is 5.85. The second-order valence-electron chi connectivity index (χ2n) is 10.9. The third-order valence-corrected chi connectivity index (χ3v) is 9.81. The van der Waals surface area contributed by atoms with Crippen molar-refractivity contribution in [3.8, 4) is 22.6 Å². The highest BCUT2D eigenvalue weighted by molar-refractivity contribution is 7.89. The van der Waals surface area contributed by atoms with Gasteiger partial charge in [-0.1, -0.05) is 55.7 Å². The SMILES string of the molecule is Cc1ccc(CC(=O)C2(c3ccc4c(c3)OCO4)CC2)cc1-c1ccc(S(=O)(=O)NC2CCCCC2)cc1. The molecule has 2 fully saturated rings. The number of rotatable bonds is 8. The number of ketones is 1. The van der Waals surface area contributed by atoms with Crippen LogP contribution in [0.2, 0.25) is 0 Å². The van der Waals surface area contributed by atoms with E-state index < -0.39 is 15.4 Å². The van der Waals surface area contributed by atoms with Gasteiger partial charge in [-0.05, 0) is 84.7 Å². The number of hydrogen-bond acceptors (Lipinski definition) is 5. The number of ether oxygens (including phenoxy) is 2. The summed E-state index contributed by atoms with van der Waals surface area (Å²) in [5, 5.41) is 0. The molecular formula is C31H33NO5S. The highest BCUT2D eigenvalue weighted by Gasteiger charge is 2.50. The van der Waals surface area contributed by atoms with Crippen LogP contribution in [0, 0.1) is 6.92 Å². The maximum Gasteiger partial charge on any atom is 0.240 e. The highest BCUT2D eigenvalue weighted by atomic mass is 32.2. The van der Waals surface area contributed by atoms with E-state index in [9.17, 15) is 13.2 Å². The minimum Gasteiger partial charge on any atom is -0.454 e. The molecule has 1 heterocycles. The number of carbonyl (C=O) groups excluding carboxylic acids is 1. The van der Waals surface area contributed by atoms with E-state index >= 15 is 0 Å². The van der Waals surface area contributed by atoms with Crippen LogP contribution < -0.4 is 14.2 Å². The first-order chi connectivity index (χ1) is 18.3. The van der Waals surface area contributed by atoms with Crippen LogP contribution in [-0.4, -0.2) is 27.0 Å². The van der Waals surface area contributed by atoms with E-state index in [4.69, 9.17) is 9.47 Å². The predicted molar refractivity (Wildman–Crippen MR) is 146 cm³/mol. The summed E-state index contributed by atoms with van der Waals surface area (Å²) in [5.41, 5.74) is 4.52. The van der Waals surface area contributed by atoms with Gasteiger partial charge in [0.05, 0.1) is 10.3 Å². The molecule has 1 N–H and O–H groups in total. The summed E-state index contributed by atoms with van der Waals surface area (Å²) in [4.78, 5) is 13.8. The first-order valence-electron chi connectivity index (χ1n) is 13.5. The molecule has 0 unspecified atom stereocenters. The second-order valence-corrected chi connectivity index (χ2v) is 12.6. The van der Waals surface area contributed by atoms with Gasteiger partial charge in [0.1, 0.15) is 5.78 Å². The lowest BCUT2D eigenvalue weighted by Gasteiger charge is -2.22. The van der Waals surface area contributed by atoms with Crippen molar-refractivity contribution in [2.45, 2.75) is 74.6 Å². The fourth-order valence-corrected chi connectivity index (χ4v) is 7.12. The van der Waals surface area contributed by atoms with Gasteiger partial charge in [0.25, 0.3) is 0 Å². The van der Waals surface area contributed by atoms with Crippen LogP contribution in [0.4, 0.5) is 0 Å². The van der Waals surface area contributed by atoms with Crippen molar-refractivity contribution < 1.29 is 22.7 Å². The third-order valence-electron chi connectivity index (χ3n) is 8.28. The fraction of sp³-hybridized carbons (Fsp3) is 0.387. The maximum atomic E-state index is 13.5. The number of aryl methyl sites for hydroxylation is 1. The summed E-state index contributed by atoms with van der Waals surface area (Å²) >= 11 is 0. The van der Waals surface area contributed by atoms with Gasteiger partial charge >= 0.3 is 0 Å². The Balaban J connectivity index is 1.19. The molecule has 2 aliphatic carbocycles. The number of Topliss-reactive ketones (excluding diaryl/α,β-unsaturated/α-hetero) is 1. The summed E-state index contributed by atoms with van der Waals surface area (Å²) in [5.74, 6) is 1.64. The normalized spacial score (nSPS) is 18.3. The highest BCUT2D eigenvalue weighted by Crippen LogP contribution is 2.51.